The number of nitrogens with one attached hydrogen (secondary N) is 1. The molecular formula is C20H21NO2. The molecule has 0 fully saturated rings. The summed E-state index contributed by atoms with van der Waals surface area (Å²) in [5.41, 5.74) is 2.04. The van der Waals surface area contributed by atoms with E-state index in [0.29, 0.717) is 13.1 Å². The summed E-state index contributed by atoms with van der Waals surface area (Å²) in [6.07, 6.45) is -0.517. The van der Waals surface area contributed by atoms with Gasteiger partial charge in [-0.2, -0.15) is 0 Å². The molecule has 3 nitrogen and oxygen atoms in total. The maximum absolute atomic E-state index is 10.2. The van der Waals surface area contributed by atoms with E-state index in [2.05, 4.69) is 23.5 Å². The van der Waals surface area contributed by atoms with Gasteiger partial charge in [-0.1, -0.05) is 60.7 Å². The van der Waals surface area contributed by atoms with Gasteiger partial charge in [-0.25, -0.2) is 0 Å². The molecule has 3 rings (SSSR count). The van der Waals surface area contributed by atoms with E-state index in [-0.39, 0.29) is 0 Å². The first kappa shape index (κ1) is 15.5. The van der Waals surface area contributed by atoms with Crippen LogP contribution in [0.4, 0.5) is 0 Å². The molecule has 0 heterocycles. The molecule has 0 radical (unpaired) electrons. The molecule has 0 bridgehead atoms. The van der Waals surface area contributed by atoms with Gasteiger partial charge < -0.3 is 15.2 Å². The van der Waals surface area contributed by atoms with Gasteiger partial charge in [0.15, 0.2) is 0 Å². The quantitative estimate of drug-likeness (QED) is 0.730. The largest absolute Gasteiger partial charge is 0.496 e. The molecule has 0 aliphatic rings. The van der Waals surface area contributed by atoms with E-state index in [1.807, 2.05) is 48.5 Å². The summed E-state index contributed by atoms with van der Waals surface area (Å²) in [4.78, 5) is 0. The van der Waals surface area contributed by atoms with Crippen molar-refractivity contribution in [3.63, 3.8) is 0 Å². The highest BCUT2D eigenvalue weighted by Crippen LogP contribution is 2.27. The van der Waals surface area contributed by atoms with Gasteiger partial charge in [0.25, 0.3) is 0 Å². The van der Waals surface area contributed by atoms with E-state index in [1.165, 1.54) is 10.8 Å². The molecular weight excluding hydrogens is 286 g/mol. The van der Waals surface area contributed by atoms with Crippen molar-refractivity contribution in [1.82, 2.24) is 5.32 Å². The summed E-state index contributed by atoms with van der Waals surface area (Å²) < 4.78 is 5.49. The Bertz CT molecular complexity index is 771. The van der Waals surface area contributed by atoms with Crippen molar-refractivity contribution in [2.45, 2.75) is 12.6 Å². The number of aliphatic hydroxyl groups is 1. The Morgan fingerprint density at radius 3 is 2.48 bits per heavy atom. The zero-order valence-corrected chi connectivity index (χ0v) is 13.2. The Morgan fingerprint density at radius 2 is 1.70 bits per heavy atom. The number of fused-ring (bicyclic) bond motifs is 1. The van der Waals surface area contributed by atoms with Gasteiger partial charge in [-0.05, 0) is 22.4 Å². The first-order valence-electron chi connectivity index (χ1n) is 7.78. The normalized spacial score (nSPS) is 12.3. The van der Waals surface area contributed by atoms with E-state index >= 15 is 0 Å². The molecule has 3 heteroatoms. The topological polar surface area (TPSA) is 41.5 Å². The van der Waals surface area contributed by atoms with Crippen LogP contribution >= 0.6 is 0 Å². The molecule has 3 aromatic carbocycles. The fourth-order valence-electron chi connectivity index (χ4n) is 2.82. The van der Waals surface area contributed by atoms with E-state index in [4.69, 9.17) is 4.74 Å². The van der Waals surface area contributed by atoms with Crippen LogP contribution in [-0.2, 0) is 6.54 Å². The number of hydrogen-bond donors (Lipinski definition) is 2. The second-order valence-corrected chi connectivity index (χ2v) is 5.52. The van der Waals surface area contributed by atoms with Gasteiger partial charge in [-0.3, -0.25) is 0 Å². The van der Waals surface area contributed by atoms with Crippen LogP contribution < -0.4 is 10.1 Å². The number of aliphatic hydroxyl groups excluding tert-OH is 1. The number of rotatable bonds is 6. The summed E-state index contributed by atoms with van der Waals surface area (Å²) in [6, 6.07) is 22.0. The Labute approximate surface area is 136 Å². The molecule has 0 spiro atoms. The highest BCUT2D eigenvalue weighted by Gasteiger charge is 2.10. The van der Waals surface area contributed by atoms with Crippen molar-refractivity contribution in [3.8, 4) is 5.75 Å². The van der Waals surface area contributed by atoms with Crippen LogP contribution in [0.2, 0.25) is 0 Å². The van der Waals surface area contributed by atoms with Crippen molar-refractivity contribution >= 4 is 10.8 Å². The molecule has 0 saturated heterocycles. The zero-order chi connectivity index (χ0) is 16.1. The third-order valence-electron chi connectivity index (χ3n) is 4.04. The van der Waals surface area contributed by atoms with Gasteiger partial charge in [0.05, 0.1) is 13.2 Å². The van der Waals surface area contributed by atoms with Crippen LogP contribution in [0, 0.1) is 0 Å². The number of methoxy groups -OCH3 is 1. The van der Waals surface area contributed by atoms with Crippen molar-refractivity contribution in [1.29, 1.82) is 0 Å². The van der Waals surface area contributed by atoms with E-state index in [1.54, 1.807) is 7.11 Å². The standard InChI is InChI=1S/C20H21NO2/c1-23-20-12-11-15-7-5-6-10-17(15)18(20)13-21-14-19(22)16-8-3-2-4-9-16/h2-12,19,21-22H,13-14H2,1H3/t19-/m1/s1. The first-order valence-corrected chi connectivity index (χ1v) is 7.78. The molecule has 0 aliphatic heterocycles. The Morgan fingerprint density at radius 1 is 0.957 bits per heavy atom. The summed E-state index contributed by atoms with van der Waals surface area (Å²) in [5, 5.41) is 15.9. The minimum atomic E-state index is -0.517. The lowest BCUT2D eigenvalue weighted by Crippen LogP contribution is -2.21. The number of hydrogen-bond acceptors (Lipinski definition) is 3. The average molecular weight is 307 g/mol. The van der Waals surface area contributed by atoms with Crippen LogP contribution in [-0.4, -0.2) is 18.8 Å². The van der Waals surface area contributed by atoms with Gasteiger partial charge in [-0.15, -0.1) is 0 Å². The highest BCUT2D eigenvalue weighted by molar-refractivity contribution is 5.87. The first-order chi connectivity index (χ1) is 11.3. The van der Waals surface area contributed by atoms with E-state index < -0.39 is 6.10 Å². The molecule has 0 aromatic heterocycles. The minimum absolute atomic E-state index is 0.496. The SMILES string of the molecule is COc1ccc2ccccc2c1CNC[C@@H](O)c1ccccc1. The molecule has 3 aromatic rings. The fraction of sp³-hybridized carbons (Fsp3) is 0.200. The predicted octanol–water partition coefficient (Wildman–Crippen LogP) is 3.67. The summed E-state index contributed by atoms with van der Waals surface area (Å²) in [7, 11) is 1.69. The monoisotopic (exact) mass is 307 g/mol. The van der Waals surface area contributed by atoms with Crippen molar-refractivity contribution in [2.24, 2.45) is 0 Å². The van der Waals surface area contributed by atoms with Crippen LogP contribution in [0.15, 0.2) is 66.7 Å². The van der Waals surface area contributed by atoms with Crippen LogP contribution in [0.3, 0.4) is 0 Å². The van der Waals surface area contributed by atoms with Crippen LogP contribution in [0.5, 0.6) is 5.75 Å². The minimum Gasteiger partial charge on any atom is -0.496 e. The molecule has 2 N–H and O–H groups in total. The summed E-state index contributed by atoms with van der Waals surface area (Å²) >= 11 is 0. The molecule has 0 saturated carbocycles. The average Bonchev–Trinajstić information content (AvgIpc) is 2.62. The molecule has 1 atom stereocenters. The highest BCUT2D eigenvalue weighted by atomic mass is 16.5. The Hall–Kier alpha value is -2.36. The van der Waals surface area contributed by atoms with Gasteiger partial charge >= 0.3 is 0 Å². The third-order valence-corrected chi connectivity index (χ3v) is 4.04. The lowest BCUT2D eigenvalue weighted by Gasteiger charge is -2.15. The van der Waals surface area contributed by atoms with E-state index in [0.717, 1.165) is 16.9 Å². The van der Waals surface area contributed by atoms with E-state index in [9.17, 15) is 5.11 Å². The smallest absolute Gasteiger partial charge is 0.123 e. The Balaban J connectivity index is 1.74. The molecule has 0 amide bonds. The number of ether oxygens (including phenoxy) is 1. The summed E-state index contributed by atoms with van der Waals surface area (Å²) in [6.45, 7) is 1.14. The summed E-state index contributed by atoms with van der Waals surface area (Å²) in [5.74, 6) is 0.866. The maximum Gasteiger partial charge on any atom is 0.123 e. The maximum atomic E-state index is 10.2. The zero-order valence-electron chi connectivity index (χ0n) is 13.2. The van der Waals surface area contributed by atoms with Gasteiger partial charge in [0.2, 0.25) is 0 Å². The van der Waals surface area contributed by atoms with Crippen LogP contribution in [0.1, 0.15) is 17.2 Å². The molecule has 118 valence electrons. The van der Waals surface area contributed by atoms with Crippen molar-refractivity contribution in [3.05, 3.63) is 77.9 Å². The molecule has 0 unspecified atom stereocenters. The molecule has 23 heavy (non-hydrogen) atoms. The van der Waals surface area contributed by atoms with Crippen LogP contribution in [0.25, 0.3) is 10.8 Å². The molecule has 0 aliphatic carbocycles. The lowest BCUT2D eigenvalue weighted by atomic mass is 10.0. The van der Waals surface area contributed by atoms with Crippen molar-refractivity contribution in [2.75, 3.05) is 13.7 Å². The lowest BCUT2D eigenvalue weighted by molar-refractivity contribution is 0.174. The fourth-order valence-corrected chi connectivity index (χ4v) is 2.82. The third kappa shape index (κ3) is 3.52. The second kappa shape index (κ2) is 7.27. The Kier molecular flexibility index (Phi) is 4.91. The van der Waals surface area contributed by atoms with Gasteiger partial charge in [0.1, 0.15) is 5.75 Å². The number of benzene rings is 3. The second-order valence-electron chi connectivity index (χ2n) is 5.52. The predicted molar refractivity (Wildman–Crippen MR) is 93.6 cm³/mol. The van der Waals surface area contributed by atoms with Crippen molar-refractivity contribution < 1.29 is 9.84 Å². The van der Waals surface area contributed by atoms with Gasteiger partial charge in [0, 0.05) is 18.7 Å².